The average molecular weight is 568 g/mol. The van der Waals surface area contributed by atoms with E-state index >= 15 is 0 Å². The summed E-state index contributed by atoms with van der Waals surface area (Å²) in [6.45, 7) is 4.78. The average Bonchev–Trinajstić information content (AvgIpc) is 2.93. The Morgan fingerprint density at radius 3 is 2.56 bits per heavy atom. The topological polar surface area (TPSA) is 153 Å². The number of fused-ring (bicyclic) bond motifs is 1. The van der Waals surface area contributed by atoms with Gasteiger partial charge in [-0.25, -0.2) is 15.0 Å². The largest absolute Gasteiger partial charge is 0.372 e. The zero-order valence-corrected chi connectivity index (χ0v) is 23.4. The van der Waals surface area contributed by atoms with E-state index in [4.69, 9.17) is 16.9 Å². The quantitative estimate of drug-likeness (QED) is 0.311. The van der Waals surface area contributed by atoms with Gasteiger partial charge in [-0.15, -0.1) is 0 Å². The first-order valence-electron chi connectivity index (χ1n) is 12.8. The number of halogens is 1. The van der Waals surface area contributed by atoms with E-state index in [1.54, 1.807) is 47.1 Å². The number of nitriles is 2. The van der Waals surface area contributed by atoms with Crippen molar-refractivity contribution in [2.45, 2.75) is 25.8 Å². The number of aryl methyl sites for hydroxylation is 1. The molecule has 0 unspecified atom stereocenters. The van der Waals surface area contributed by atoms with Crippen molar-refractivity contribution >= 4 is 45.5 Å². The summed E-state index contributed by atoms with van der Waals surface area (Å²) in [6, 6.07) is 14.4. The van der Waals surface area contributed by atoms with Crippen molar-refractivity contribution < 1.29 is 4.79 Å². The summed E-state index contributed by atoms with van der Waals surface area (Å²) in [7, 11) is 1.69. The van der Waals surface area contributed by atoms with Gasteiger partial charge >= 0.3 is 0 Å². The number of carbonyl (C=O) groups excluding carboxylic acids is 1. The highest BCUT2D eigenvalue weighted by Crippen LogP contribution is 2.33. The molecule has 11 nitrogen and oxygen atoms in total. The maximum Gasteiger partial charge on any atom is 0.272 e. The summed E-state index contributed by atoms with van der Waals surface area (Å²) in [4.78, 5) is 40.3. The molecule has 12 heteroatoms. The molecule has 0 saturated carbocycles. The lowest BCUT2D eigenvalue weighted by Gasteiger charge is -2.37. The van der Waals surface area contributed by atoms with E-state index < -0.39 is 5.54 Å². The molecule has 0 spiro atoms. The Morgan fingerprint density at radius 2 is 1.88 bits per heavy atom. The van der Waals surface area contributed by atoms with Crippen molar-refractivity contribution in [1.29, 1.82) is 10.5 Å². The molecule has 0 radical (unpaired) electrons. The number of rotatable bonds is 7. The number of benzene rings is 1. The fourth-order valence-corrected chi connectivity index (χ4v) is 5.03. The third kappa shape index (κ3) is 5.40. The van der Waals surface area contributed by atoms with Gasteiger partial charge in [0.05, 0.1) is 22.8 Å². The van der Waals surface area contributed by atoms with Crippen molar-refractivity contribution in [2.24, 2.45) is 13.0 Å². The Morgan fingerprint density at radius 1 is 1.15 bits per heavy atom. The van der Waals surface area contributed by atoms with Gasteiger partial charge in [0.2, 0.25) is 0 Å². The van der Waals surface area contributed by atoms with Gasteiger partial charge in [-0.05, 0) is 44.2 Å². The first kappa shape index (κ1) is 27.6. The number of nitrogens with zero attached hydrogens (tertiary/aromatic N) is 7. The second-order valence-corrected chi connectivity index (χ2v) is 10.8. The number of aromatic nitrogens is 4. The molecule has 2 N–H and O–H groups in total. The van der Waals surface area contributed by atoms with Crippen LogP contribution in [0.2, 0.25) is 5.15 Å². The second-order valence-electron chi connectivity index (χ2n) is 10.4. The van der Waals surface area contributed by atoms with Crippen LogP contribution in [0.1, 0.15) is 42.1 Å². The summed E-state index contributed by atoms with van der Waals surface area (Å²) in [6.07, 6.45) is 3.71. The van der Waals surface area contributed by atoms with E-state index in [9.17, 15) is 14.9 Å². The van der Waals surface area contributed by atoms with Gasteiger partial charge in [0.15, 0.2) is 5.82 Å². The van der Waals surface area contributed by atoms with E-state index in [0.29, 0.717) is 47.9 Å². The normalized spacial score (nSPS) is 13.3. The summed E-state index contributed by atoms with van der Waals surface area (Å²) in [5, 5.41) is 25.9. The Balaban J connectivity index is 1.51. The van der Waals surface area contributed by atoms with Crippen LogP contribution in [0.3, 0.4) is 0 Å². The van der Waals surface area contributed by atoms with Crippen LogP contribution >= 0.6 is 11.6 Å². The number of hydrogen-bond acceptors (Lipinski definition) is 9. The highest BCUT2D eigenvalue weighted by Gasteiger charge is 2.32. The summed E-state index contributed by atoms with van der Waals surface area (Å²) >= 11 is 6.33. The predicted molar refractivity (Wildman–Crippen MR) is 155 cm³/mol. The number of hydrogen-bond donors (Lipinski definition) is 2. The molecule has 4 heterocycles. The van der Waals surface area contributed by atoms with Crippen LogP contribution in [0.15, 0.2) is 53.6 Å². The number of anilines is 3. The van der Waals surface area contributed by atoms with Crippen LogP contribution in [-0.2, 0) is 12.6 Å². The lowest BCUT2D eigenvalue weighted by molar-refractivity contribution is 0.0502. The molecule has 1 saturated heterocycles. The first-order valence-corrected chi connectivity index (χ1v) is 13.2. The minimum Gasteiger partial charge on any atom is -0.372 e. The minimum absolute atomic E-state index is 0.0925. The van der Waals surface area contributed by atoms with Crippen LogP contribution in [0.4, 0.5) is 17.1 Å². The van der Waals surface area contributed by atoms with Gasteiger partial charge < -0.3 is 20.1 Å². The number of pyridine rings is 2. The van der Waals surface area contributed by atoms with Crippen LogP contribution in [-0.4, -0.2) is 43.4 Å². The third-order valence-corrected chi connectivity index (χ3v) is 7.30. The highest BCUT2D eigenvalue weighted by molar-refractivity contribution is 6.31. The van der Waals surface area contributed by atoms with Crippen molar-refractivity contribution in [2.75, 3.05) is 23.7 Å². The Bertz CT molecular complexity index is 1800. The van der Waals surface area contributed by atoms with Gasteiger partial charge in [0, 0.05) is 67.7 Å². The van der Waals surface area contributed by atoms with Crippen LogP contribution < -0.4 is 16.2 Å². The molecular weight excluding hydrogens is 542 g/mol. The Hall–Kier alpha value is -5.00. The molecule has 0 atom stereocenters. The SMILES string of the molecule is Cn1c(=O)cc(NC(C)(C)c2ncccn2)c2cc(Nc3cc(C(=O)N4CC(CC#N)C4)nc(Cl)c3C#N)ccc21. The highest BCUT2D eigenvalue weighted by atomic mass is 35.5. The molecule has 1 aromatic carbocycles. The van der Waals surface area contributed by atoms with Gasteiger partial charge in [-0.1, -0.05) is 11.6 Å². The summed E-state index contributed by atoms with van der Waals surface area (Å²) in [5.41, 5.74) is 1.49. The summed E-state index contributed by atoms with van der Waals surface area (Å²) in [5.74, 6) is 0.385. The maximum absolute atomic E-state index is 13.0. The molecule has 0 bridgehead atoms. The van der Waals surface area contributed by atoms with E-state index in [1.807, 2.05) is 19.9 Å². The standard InChI is InChI=1S/C29H26ClN9O2/c1-29(2,28-33-9-4-10-34-28)37-22-13-25(40)38(3)24-6-5-18(11-19(22)24)35-21-12-23(36-26(30)20(21)14-32)27(41)39-15-17(16-39)7-8-31/h4-6,9-13,17,37H,7,15-16H2,1-3H3,(H,35,36). The van der Waals surface area contributed by atoms with Gasteiger partial charge in [-0.2, -0.15) is 10.5 Å². The van der Waals surface area contributed by atoms with Crippen molar-refractivity contribution in [3.63, 3.8) is 0 Å². The lowest BCUT2D eigenvalue weighted by Crippen LogP contribution is -2.50. The van der Waals surface area contributed by atoms with Crippen molar-refractivity contribution in [1.82, 2.24) is 24.4 Å². The number of likely N-dealkylation sites (tertiary alicyclic amines) is 1. The monoisotopic (exact) mass is 567 g/mol. The molecule has 206 valence electrons. The lowest BCUT2D eigenvalue weighted by atomic mass is 9.96. The zero-order valence-electron chi connectivity index (χ0n) is 22.6. The van der Waals surface area contributed by atoms with E-state index in [2.05, 4.69) is 37.7 Å². The molecule has 1 aliphatic heterocycles. The molecule has 4 aromatic rings. The molecule has 1 fully saturated rings. The number of nitrogens with one attached hydrogen (secondary N) is 2. The molecule has 0 aliphatic carbocycles. The van der Waals surface area contributed by atoms with Crippen LogP contribution in [0.5, 0.6) is 0 Å². The van der Waals surface area contributed by atoms with E-state index in [1.165, 1.54) is 12.1 Å². The van der Waals surface area contributed by atoms with E-state index in [-0.39, 0.29) is 33.8 Å². The number of amides is 1. The molecule has 1 amide bonds. The van der Waals surface area contributed by atoms with Gasteiger partial charge in [0.25, 0.3) is 11.5 Å². The fourth-order valence-electron chi connectivity index (χ4n) is 4.80. The predicted octanol–water partition coefficient (Wildman–Crippen LogP) is 4.33. The molecular formula is C29H26ClN9O2. The maximum atomic E-state index is 13.0. The summed E-state index contributed by atoms with van der Waals surface area (Å²) < 4.78 is 1.55. The van der Waals surface area contributed by atoms with Crippen LogP contribution in [0.25, 0.3) is 10.9 Å². The van der Waals surface area contributed by atoms with Gasteiger partial charge in [-0.3, -0.25) is 9.59 Å². The van der Waals surface area contributed by atoms with Crippen molar-refractivity contribution in [3.8, 4) is 12.1 Å². The minimum atomic E-state index is -0.699. The smallest absolute Gasteiger partial charge is 0.272 e. The Labute approximate surface area is 241 Å². The Kier molecular flexibility index (Phi) is 7.31. The first-order chi connectivity index (χ1) is 19.6. The van der Waals surface area contributed by atoms with Crippen molar-refractivity contribution in [3.05, 3.63) is 81.4 Å². The zero-order chi connectivity index (χ0) is 29.3. The fraction of sp³-hybridized carbons (Fsp3) is 0.276. The molecule has 1 aliphatic rings. The number of carbonyl (C=O) groups is 1. The van der Waals surface area contributed by atoms with Crippen LogP contribution in [0, 0.1) is 28.6 Å². The molecule has 3 aromatic heterocycles. The van der Waals surface area contributed by atoms with E-state index in [0.717, 1.165) is 5.39 Å². The second kappa shape index (κ2) is 10.9. The molecule has 5 rings (SSSR count). The van der Waals surface area contributed by atoms with Gasteiger partial charge in [0.1, 0.15) is 22.5 Å². The molecule has 41 heavy (non-hydrogen) atoms. The third-order valence-electron chi connectivity index (χ3n) is 7.03.